The Labute approximate surface area is 405 Å². The number of nitrogens with zero attached hydrogens (tertiary/aromatic N) is 6. The van der Waals surface area contributed by atoms with E-state index in [9.17, 15) is 0 Å². The molecule has 3 fully saturated rings. The number of likely N-dealkylation sites (N-methyl/N-ethyl adjacent to an activating group) is 3. The Balaban J connectivity index is 0.000000149. The fourth-order valence-corrected chi connectivity index (χ4v) is 9.38. The van der Waals surface area contributed by atoms with Gasteiger partial charge in [0.2, 0.25) is 0 Å². The van der Waals surface area contributed by atoms with Crippen molar-refractivity contribution in [3.8, 4) is 33.4 Å². The smallest absolute Gasteiger partial charge is 0.0234 e. The van der Waals surface area contributed by atoms with Crippen LogP contribution in [-0.4, -0.2) is 129 Å². The van der Waals surface area contributed by atoms with Crippen LogP contribution in [-0.2, 0) is 26.1 Å². The molecular formula is C61H80N6. The van der Waals surface area contributed by atoms with Crippen LogP contribution >= 0.6 is 0 Å². The highest BCUT2D eigenvalue weighted by Crippen LogP contribution is 2.24. The van der Waals surface area contributed by atoms with Gasteiger partial charge >= 0.3 is 0 Å². The Kier molecular flexibility index (Phi) is 19.4. The molecule has 6 heteroatoms. The molecular weight excluding hydrogens is 817 g/mol. The van der Waals surface area contributed by atoms with Crippen LogP contribution in [0, 0.1) is 13.8 Å². The van der Waals surface area contributed by atoms with Gasteiger partial charge in [-0.3, -0.25) is 14.7 Å². The lowest BCUT2D eigenvalue weighted by Crippen LogP contribution is -2.28. The van der Waals surface area contributed by atoms with E-state index in [0.717, 1.165) is 26.1 Å². The molecule has 354 valence electrons. The zero-order valence-corrected chi connectivity index (χ0v) is 42.0. The highest BCUT2D eigenvalue weighted by atomic mass is 15.2. The maximum Gasteiger partial charge on any atom is 0.0234 e. The van der Waals surface area contributed by atoms with Gasteiger partial charge in [-0.05, 0) is 156 Å². The molecule has 9 rings (SSSR count). The monoisotopic (exact) mass is 897 g/mol. The van der Waals surface area contributed by atoms with Gasteiger partial charge in [-0.25, -0.2) is 0 Å². The van der Waals surface area contributed by atoms with Crippen molar-refractivity contribution in [2.75, 3.05) is 99.7 Å². The van der Waals surface area contributed by atoms with Crippen LogP contribution in [0.3, 0.4) is 0 Å². The fourth-order valence-electron chi connectivity index (χ4n) is 9.38. The van der Waals surface area contributed by atoms with Gasteiger partial charge in [-0.15, -0.1) is 0 Å². The topological polar surface area (TPSA) is 19.4 Å². The van der Waals surface area contributed by atoms with E-state index in [1.165, 1.54) is 165 Å². The molecule has 0 unspecified atom stereocenters. The molecule has 67 heavy (non-hydrogen) atoms. The number of hydrogen-bond acceptors (Lipinski definition) is 6. The summed E-state index contributed by atoms with van der Waals surface area (Å²) in [5.74, 6) is 0. The molecule has 3 saturated heterocycles. The Morgan fingerprint density at radius 1 is 0.284 bits per heavy atom. The second-order valence-corrected chi connectivity index (χ2v) is 19.7. The standard InChI is InChI=1S/C21H28N2.2C20H26N2/c1-3-18-5-9-20(10-6-18)21-11-7-19(8-12-21)17-23-14-4-13-22(2)15-16-23;2*1-17-4-8-19(9-5-17)20-10-6-18(7-11-20)16-22-13-3-12-21(2)14-15-22/h5-12H,3-4,13-17H2,1-2H3;2*4-11H,3,12-16H2,1-2H3. The summed E-state index contributed by atoms with van der Waals surface area (Å²) in [6.07, 6.45) is 4.93. The summed E-state index contributed by atoms with van der Waals surface area (Å²) in [7, 11) is 6.67. The van der Waals surface area contributed by atoms with E-state index in [2.05, 4.69) is 217 Å². The van der Waals surface area contributed by atoms with Crippen molar-refractivity contribution in [2.24, 2.45) is 0 Å². The highest BCUT2D eigenvalue weighted by molar-refractivity contribution is 5.65. The number of aryl methyl sites for hydroxylation is 3. The summed E-state index contributed by atoms with van der Waals surface area (Å²) in [6.45, 7) is 24.1. The van der Waals surface area contributed by atoms with Gasteiger partial charge in [-0.1, -0.05) is 164 Å². The Hall–Kier alpha value is -4.92. The average Bonchev–Trinajstić information content (AvgIpc) is 3.80. The van der Waals surface area contributed by atoms with E-state index < -0.39 is 0 Å². The molecule has 6 aromatic rings. The van der Waals surface area contributed by atoms with Crippen LogP contribution in [0.2, 0.25) is 0 Å². The van der Waals surface area contributed by atoms with Gasteiger partial charge in [0.15, 0.2) is 0 Å². The summed E-state index contributed by atoms with van der Waals surface area (Å²) < 4.78 is 0. The molecule has 6 aromatic carbocycles. The largest absolute Gasteiger partial charge is 0.305 e. The highest BCUT2D eigenvalue weighted by Gasteiger charge is 2.15. The van der Waals surface area contributed by atoms with Gasteiger partial charge in [-0.2, -0.15) is 0 Å². The zero-order valence-electron chi connectivity index (χ0n) is 42.0. The van der Waals surface area contributed by atoms with Crippen LogP contribution in [0.4, 0.5) is 0 Å². The first-order valence-corrected chi connectivity index (χ1v) is 25.4. The van der Waals surface area contributed by atoms with E-state index in [1.807, 2.05) is 0 Å². The lowest BCUT2D eigenvalue weighted by atomic mass is 10.0. The van der Waals surface area contributed by atoms with E-state index >= 15 is 0 Å². The second kappa shape index (κ2) is 26.0. The van der Waals surface area contributed by atoms with Crippen LogP contribution in [0.1, 0.15) is 59.6 Å². The summed E-state index contributed by atoms with van der Waals surface area (Å²) >= 11 is 0. The summed E-state index contributed by atoms with van der Waals surface area (Å²) in [5, 5.41) is 0. The summed E-state index contributed by atoms with van der Waals surface area (Å²) in [6, 6.07) is 53.7. The molecule has 0 N–H and O–H groups in total. The maximum absolute atomic E-state index is 2.58. The molecule has 0 saturated carbocycles. The molecule has 3 heterocycles. The molecule has 3 aliphatic heterocycles. The minimum Gasteiger partial charge on any atom is -0.305 e. The van der Waals surface area contributed by atoms with Crippen molar-refractivity contribution >= 4 is 0 Å². The number of hydrogen-bond donors (Lipinski definition) is 0. The third-order valence-corrected chi connectivity index (χ3v) is 14.0. The molecule has 0 atom stereocenters. The lowest BCUT2D eigenvalue weighted by molar-refractivity contribution is 0.269. The Morgan fingerprint density at radius 2 is 0.522 bits per heavy atom. The molecule has 3 aliphatic rings. The zero-order chi connectivity index (χ0) is 46.8. The Morgan fingerprint density at radius 3 is 0.776 bits per heavy atom. The van der Waals surface area contributed by atoms with E-state index in [1.54, 1.807) is 0 Å². The van der Waals surface area contributed by atoms with Gasteiger partial charge in [0.05, 0.1) is 0 Å². The van der Waals surface area contributed by atoms with Crippen molar-refractivity contribution in [1.29, 1.82) is 0 Å². The first kappa shape index (κ1) is 50.0. The third kappa shape index (κ3) is 16.4. The van der Waals surface area contributed by atoms with Gasteiger partial charge in [0.1, 0.15) is 0 Å². The first-order chi connectivity index (χ1) is 32.6. The molecule has 0 bridgehead atoms. The summed E-state index contributed by atoms with van der Waals surface area (Å²) in [5.41, 5.74) is 16.1. The predicted octanol–water partition coefficient (Wildman–Crippen LogP) is 11.7. The lowest BCUT2D eigenvalue weighted by Gasteiger charge is -2.20. The molecule has 0 radical (unpaired) electrons. The molecule has 0 aliphatic carbocycles. The van der Waals surface area contributed by atoms with Crippen molar-refractivity contribution in [1.82, 2.24) is 29.4 Å². The van der Waals surface area contributed by atoms with Gasteiger partial charge in [0, 0.05) is 58.9 Å². The maximum atomic E-state index is 2.58. The molecule has 0 aromatic heterocycles. The summed E-state index contributed by atoms with van der Waals surface area (Å²) in [4.78, 5) is 15.0. The quantitative estimate of drug-likeness (QED) is 0.135. The molecule has 0 amide bonds. The van der Waals surface area contributed by atoms with Crippen LogP contribution in [0.5, 0.6) is 0 Å². The van der Waals surface area contributed by atoms with E-state index in [0.29, 0.717) is 0 Å². The number of benzene rings is 6. The third-order valence-electron chi connectivity index (χ3n) is 14.0. The average molecular weight is 897 g/mol. The molecule has 0 spiro atoms. The first-order valence-electron chi connectivity index (χ1n) is 25.4. The van der Waals surface area contributed by atoms with Crippen LogP contribution in [0.25, 0.3) is 33.4 Å². The second-order valence-electron chi connectivity index (χ2n) is 19.7. The minimum absolute atomic E-state index is 1.07. The predicted molar refractivity (Wildman–Crippen MR) is 287 cm³/mol. The number of rotatable bonds is 10. The fraction of sp³-hybridized carbons (Fsp3) is 0.410. The minimum atomic E-state index is 1.07. The van der Waals surface area contributed by atoms with Crippen LogP contribution in [0.15, 0.2) is 146 Å². The van der Waals surface area contributed by atoms with Crippen molar-refractivity contribution in [3.63, 3.8) is 0 Å². The van der Waals surface area contributed by atoms with Crippen molar-refractivity contribution in [2.45, 2.75) is 66.1 Å². The van der Waals surface area contributed by atoms with Crippen molar-refractivity contribution < 1.29 is 0 Å². The molecule has 6 nitrogen and oxygen atoms in total. The van der Waals surface area contributed by atoms with Gasteiger partial charge < -0.3 is 14.7 Å². The van der Waals surface area contributed by atoms with Gasteiger partial charge in [0.25, 0.3) is 0 Å². The SMILES string of the molecule is CCc1ccc(-c2ccc(CN3CCCN(C)CC3)cc2)cc1.Cc1ccc(-c2ccc(CN3CCCN(C)CC3)cc2)cc1.Cc1ccc(-c2ccc(CN3CCCN(C)CC3)cc2)cc1. The normalized spacial score (nSPS) is 17.3. The van der Waals surface area contributed by atoms with E-state index in [4.69, 9.17) is 0 Å². The van der Waals surface area contributed by atoms with E-state index in [-0.39, 0.29) is 0 Å². The Bertz CT molecular complexity index is 2190. The van der Waals surface area contributed by atoms with Crippen LogP contribution < -0.4 is 0 Å². The van der Waals surface area contributed by atoms with Crippen molar-refractivity contribution in [3.05, 3.63) is 179 Å².